The maximum Gasteiger partial charge on any atom is 0.155 e. The van der Waals surface area contributed by atoms with E-state index in [1.54, 1.807) is 12.4 Å². The van der Waals surface area contributed by atoms with Gasteiger partial charge in [0.25, 0.3) is 0 Å². The predicted molar refractivity (Wildman–Crippen MR) is 76.6 cm³/mol. The molecule has 3 N–H and O–H groups in total. The van der Waals surface area contributed by atoms with Gasteiger partial charge in [-0.05, 0) is 25.9 Å². The fraction of sp³-hybridized carbons (Fsp3) is 0.583. The van der Waals surface area contributed by atoms with Crippen LogP contribution in [0.15, 0.2) is 12.4 Å². The topological polar surface area (TPSA) is 67.1 Å². The summed E-state index contributed by atoms with van der Waals surface area (Å²) in [6.45, 7) is 4.41. The van der Waals surface area contributed by atoms with Gasteiger partial charge in [0.05, 0.1) is 0 Å². The molecule has 1 saturated heterocycles. The van der Waals surface area contributed by atoms with E-state index in [0.29, 0.717) is 23.5 Å². The van der Waals surface area contributed by atoms with Crippen molar-refractivity contribution in [1.29, 1.82) is 0 Å². The lowest BCUT2D eigenvalue weighted by molar-refractivity contribution is 0.206. The van der Waals surface area contributed by atoms with E-state index in [9.17, 15) is 0 Å². The fourth-order valence-corrected chi connectivity index (χ4v) is 2.52. The molecule has 0 aliphatic carbocycles. The molecule has 1 aliphatic rings. The largest absolute Gasteiger partial charge is 0.388 e. The van der Waals surface area contributed by atoms with Gasteiger partial charge < -0.3 is 16.0 Å². The number of nitrogens with one attached hydrogen (secondary N) is 1. The highest BCUT2D eigenvalue weighted by molar-refractivity contribution is 7.80. The Kier molecular flexibility index (Phi) is 4.08. The molecule has 2 atom stereocenters. The zero-order valence-corrected chi connectivity index (χ0v) is 11.6. The zero-order chi connectivity index (χ0) is 13.1. The number of piperidine rings is 1. The maximum atomic E-state index is 5.66. The first-order chi connectivity index (χ1) is 8.58. The van der Waals surface area contributed by atoms with Gasteiger partial charge in [0.1, 0.15) is 10.7 Å². The smallest absolute Gasteiger partial charge is 0.155 e. The van der Waals surface area contributed by atoms with Gasteiger partial charge >= 0.3 is 0 Å². The van der Waals surface area contributed by atoms with Crippen LogP contribution in [-0.4, -0.2) is 46.0 Å². The Hall–Kier alpha value is -1.27. The Morgan fingerprint density at radius 2 is 2.22 bits per heavy atom. The fourth-order valence-electron chi connectivity index (χ4n) is 2.37. The first kappa shape index (κ1) is 13.2. The zero-order valence-electron chi connectivity index (χ0n) is 10.8. The van der Waals surface area contributed by atoms with Crippen LogP contribution in [-0.2, 0) is 0 Å². The van der Waals surface area contributed by atoms with E-state index in [4.69, 9.17) is 18.0 Å². The lowest BCUT2D eigenvalue weighted by atomic mass is 9.94. The number of thiocarbonyl (C=S) groups is 1. The average molecular weight is 265 g/mol. The standard InChI is InChI=1S/C12H19N5S/c1-8-7-17(2)6-3-9(8)16-12-10(11(13)18)14-4-5-15-12/h4-5,8-9H,3,6-7H2,1-2H3,(H2,13,18)(H,15,16). The van der Waals surface area contributed by atoms with E-state index in [0.717, 1.165) is 19.5 Å². The van der Waals surface area contributed by atoms with Gasteiger partial charge in [-0.15, -0.1) is 0 Å². The second-order valence-corrected chi connectivity index (χ2v) is 5.34. The van der Waals surface area contributed by atoms with Gasteiger partial charge in [-0.1, -0.05) is 19.1 Å². The highest BCUT2D eigenvalue weighted by Crippen LogP contribution is 2.20. The van der Waals surface area contributed by atoms with Gasteiger partial charge in [-0.2, -0.15) is 0 Å². The van der Waals surface area contributed by atoms with Crippen LogP contribution in [0.2, 0.25) is 0 Å². The van der Waals surface area contributed by atoms with Crippen molar-refractivity contribution >= 4 is 23.0 Å². The van der Waals surface area contributed by atoms with Crippen LogP contribution in [0, 0.1) is 5.92 Å². The van der Waals surface area contributed by atoms with Crippen LogP contribution in [0.1, 0.15) is 19.0 Å². The predicted octanol–water partition coefficient (Wildman–Crippen LogP) is 0.863. The Morgan fingerprint density at radius 1 is 1.50 bits per heavy atom. The van der Waals surface area contributed by atoms with Crippen molar-refractivity contribution in [3.05, 3.63) is 18.1 Å². The maximum absolute atomic E-state index is 5.66. The molecule has 2 rings (SSSR count). The van der Waals surface area contributed by atoms with Crippen molar-refractivity contribution in [3.63, 3.8) is 0 Å². The summed E-state index contributed by atoms with van der Waals surface area (Å²) in [6.07, 6.45) is 4.35. The van der Waals surface area contributed by atoms with Gasteiger partial charge in [0.2, 0.25) is 0 Å². The minimum atomic E-state index is 0.284. The number of hydrogen-bond donors (Lipinski definition) is 2. The molecule has 1 aromatic heterocycles. The number of likely N-dealkylation sites (tertiary alicyclic amines) is 1. The monoisotopic (exact) mass is 265 g/mol. The first-order valence-corrected chi connectivity index (χ1v) is 6.54. The third kappa shape index (κ3) is 2.94. The number of hydrogen-bond acceptors (Lipinski definition) is 5. The second kappa shape index (κ2) is 5.58. The van der Waals surface area contributed by atoms with Crippen LogP contribution in [0.25, 0.3) is 0 Å². The number of rotatable bonds is 3. The normalized spacial score (nSPS) is 24.8. The van der Waals surface area contributed by atoms with Gasteiger partial charge in [0, 0.05) is 25.0 Å². The van der Waals surface area contributed by atoms with E-state index < -0.39 is 0 Å². The van der Waals surface area contributed by atoms with Crippen LogP contribution in [0.4, 0.5) is 5.82 Å². The summed E-state index contributed by atoms with van der Waals surface area (Å²) in [7, 11) is 2.15. The summed E-state index contributed by atoms with van der Waals surface area (Å²) in [5.41, 5.74) is 6.24. The minimum Gasteiger partial charge on any atom is -0.388 e. The van der Waals surface area contributed by atoms with Crippen LogP contribution in [0.5, 0.6) is 0 Å². The van der Waals surface area contributed by atoms with E-state index >= 15 is 0 Å². The van der Waals surface area contributed by atoms with Crippen LogP contribution in [0.3, 0.4) is 0 Å². The number of nitrogens with two attached hydrogens (primary N) is 1. The third-order valence-electron chi connectivity index (χ3n) is 3.36. The molecule has 1 aromatic rings. The summed E-state index contributed by atoms with van der Waals surface area (Å²) >= 11 is 4.99. The minimum absolute atomic E-state index is 0.284. The molecular formula is C12H19N5S. The summed E-state index contributed by atoms with van der Waals surface area (Å²) in [5.74, 6) is 1.26. The van der Waals surface area contributed by atoms with Crippen LogP contribution < -0.4 is 11.1 Å². The Balaban J connectivity index is 2.12. The lowest BCUT2D eigenvalue weighted by Crippen LogP contribution is -2.43. The second-order valence-electron chi connectivity index (χ2n) is 4.90. The number of anilines is 1. The molecule has 5 nitrogen and oxygen atoms in total. The van der Waals surface area contributed by atoms with Crippen molar-refractivity contribution in [1.82, 2.24) is 14.9 Å². The molecule has 2 unspecified atom stereocenters. The quantitative estimate of drug-likeness (QED) is 0.790. The van der Waals surface area contributed by atoms with Crippen molar-refractivity contribution in [2.24, 2.45) is 11.7 Å². The molecule has 98 valence electrons. The Morgan fingerprint density at radius 3 is 2.89 bits per heavy atom. The first-order valence-electron chi connectivity index (χ1n) is 6.14. The Labute approximate surface area is 113 Å². The van der Waals surface area contributed by atoms with Gasteiger partial charge in [-0.25, -0.2) is 9.97 Å². The highest BCUT2D eigenvalue weighted by atomic mass is 32.1. The molecule has 1 aliphatic heterocycles. The summed E-state index contributed by atoms with van der Waals surface area (Å²) in [6, 6.07) is 0.394. The molecule has 6 heteroatoms. The van der Waals surface area contributed by atoms with Crippen molar-refractivity contribution in [2.45, 2.75) is 19.4 Å². The molecule has 0 amide bonds. The van der Waals surface area contributed by atoms with Crippen molar-refractivity contribution < 1.29 is 0 Å². The van der Waals surface area contributed by atoms with Gasteiger partial charge in [0.15, 0.2) is 5.82 Å². The average Bonchev–Trinajstić information content (AvgIpc) is 2.33. The van der Waals surface area contributed by atoms with Gasteiger partial charge in [-0.3, -0.25) is 0 Å². The molecule has 0 spiro atoms. The molecular weight excluding hydrogens is 246 g/mol. The Bertz CT molecular complexity index is 436. The number of nitrogens with zero attached hydrogens (tertiary/aromatic N) is 3. The molecule has 18 heavy (non-hydrogen) atoms. The molecule has 0 saturated carbocycles. The molecule has 0 radical (unpaired) electrons. The van der Waals surface area contributed by atoms with E-state index in [-0.39, 0.29) is 4.99 Å². The third-order valence-corrected chi connectivity index (χ3v) is 3.56. The summed E-state index contributed by atoms with van der Waals surface area (Å²) < 4.78 is 0. The van der Waals surface area contributed by atoms with E-state index in [1.807, 2.05) is 0 Å². The van der Waals surface area contributed by atoms with Crippen molar-refractivity contribution in [3.8, 4) is 0 Å². The van der Waals surface area contributed by atoms with E-state index in [1.165, 1.54) is 0 Å². The van der Waals surface area contributed by atoms with Crippen LogP contribution >= 0.6 is 12.2 Å². The molecule has 0 bridgehead atoms. The number of aromatic nitrogens is 2. The summed E-state index contributed by atoms with van der Waals surface area (Å²) in [5, 5.41) is 3.43. The lowest BCUT2D eigenvalue weighted by Gasteiger charge is -2.35. The molecule has 0 aromatic carbocycles. The van der Waals surface area contributed by atoms with E-state index in [2.05, 4.69) is 34.2 Å². The molecule has 1 fully saturated rings. The van der Waals surface area contributed by atoms with Crippen molar-refractivity contribution in [2.75, 3.05) is 25.5 Å². The highest BCUT2D eigenvalue weighted by Gasteiger charge is 2.25. The molecule has 2 heterocycles. The SMILES string of the molecule is CC1CN(C)CCC1Nc1nccnc1C(N)=S. The summed E-state index contributed by atoms with van der Waals surface area (Å²) in [4.78, 5) is 11.1.